The number of nitro groups is 1. The molecule has 240 valence electrons. The Labute approximate surface area is 266 Å². The molecular weight excluding hydrogens is 592 g/mol. The summed E-state index contributed by atoms with van der Waals surface area (Å²) in [6.45, 7) is 8.30. The van der Waals surface area contributed by atoms with E-state index in [1.807, 2.05) is 18.2 Å². The van der Waals surface area contributed by atoms with E-state index in [0.717, 1.165) is 37.9 Å². The van der Waals surface area contributed by atoms with Crippen LogP contribution >= 0.6 is 0 Å². The second-order valence-corrected chi connectivity index (χ2v) is 13.5. The van der Waals surface area contributed by atoms with Gasteiger partial charge in [-0.1, -0.05) is 54.6 Å². The van der Waals surface area contributed by atoms with Crippen LogP contribution in [0.4, 0.5) is 10.5 Å². The highest BCUT2D eigenvalue weighted by molar-refractivity contribution is 7.89. The monoisotopic (exact) mass is 634 g/mol. The first-order chi connectivity index (χ1) is 21.6. The van der Waals surface area contributed by atoms with Crippen molar-refractivity contribution in [2.45, 2.75) is 55.7 Å². The van der Waals surface area contributed by atoms with Gasteiger partial charge in [0, 0.05) is 50.9 Å². The summed E-state index contributed by atoms with van der Waals surface area (Å²) in [6, 6.07) is 24.7. The van der Waals surface area contributed by atoms with Crippen molar-refractivity contribution in [2.75, 3.05) is 33.2 Å². The SMILES string of the molecule is C=CCN(C(=O)OCc1ccc([N+](=O)[O-])cc1)C1CCN(CCC(CN(C)S(=O)(=O)c2ccccc2)c2ccccc2)C(C)C1. The topological polar surface area (TPSA) is 113 Å². The van der Waals surface area contributed by atoms with E-state index in [9.17, 15) is 23.3 Å². The lowest BCUT2D eigenvalue weighted by Crippen LogP contribution is -2.51. The first-order valence-electron chi connectivity index (χ1n) is 15.2. The van der Waals surface area contributed by atoms with E-state index in [1.54, 1.807) is 60.5 Å². The number of carbonyl (C=O) groups excluding carboxylic acids is 1. The summed E-state index contributed by atoms with van der Waals surface area (Å²) in [5.41, 5.74) is 1.76. The van der Waals surface area contributed by atoms with Crippen LogP contribution in [-0.4, -0.2) is 78.8 Å². The van der Waals surface area contributed by atoms with Crippen LogP contribution in [0.5, 0.6) is 0 Å². The smallest absolute Gasteiger partial charge is 0.410 e. The van der Waals surface area contributed by atoms with Gasteiger partial charge in [-0.2, -0.15) is 0 Å². The van der Waals surface area contributed by atoms with Crippen molar-refractivity contribution in [3.05, 3.63) is 119 Å². The van der Waals surface area contributed by atoms with E-state index in [1.165, 1.54) is 16.4 Å². The predicted molar refractivity (Wildman–Crippen MR) is 174 cm³/mol. The van der Waals surface area contributed by atoms with E-state index < -0.39 is 21.0 Å². The number of likely N-dealkylation sites (tertiary alicyclic amines) is 1. The van der Waals surface area contributed by atoms with Crippen molar-refractivity contribution in [3.8, 4) is 0 Å². The lowest BCUT2D eigenvalue weighted by molar-refractivity contribution is -0.384. The Bertz CT molecular complexity index is 1520. The largest absolute Gasteiger partial charge is 0.445 e. The van der Waals surface area contributed by atoms with Crippen LogP contribution in [0.15, 0.2) is 102 Å². The lowest BCUT2D eigenvalue weighted by Gasteiger charge is -2.42. The van der Waals surface area contributed by atoms with Gasteiger partial charge < -0.3 is 14.5 Å². The molecule has 3 atom stereocenters. The van der Waals surface area contributed by atoms with E-state index in [2.05, 4.69) is 30.5 Å². The standard InChI is InChI=1S/C34H42N4O6S/c1-4-21-37(34(39)44-26-28-15-17-31(18-16-28)38(40)41)32-20-23-36(27(2)24-32)22-19-30(29-11-7-5-8-12-29)25-35(3)45(42,43)33-13-9-6-10-14-33/h4-18,27,30,32H,1,19-26H2,2-3H3. The zero-order valence-electron chi connectivity index (χ0n) is 25.9. The fraction of sp³-hybridized carbons (Fsp3) is 0.382. The number of amides is 1. The Hall–Kier alpha value is -4.06. The molecule has 11 heteroatoms. The predicted octanol–water partition coefficient (Wildman–Crippen LogP) is 6.07. The minimum absolute atomic E-state index is 0.00581. The number of nitrogens with zero attached hydrogens (tertiary/aromatic N) is 4. The molecular formula is C34H42N4O6S. The molecule has 0 radical (unpaired) electrons. The molecule has 3 unspecified atom stereocenters. The summed E-state index contributed by atoms with van der Waals surface area (Å²) in [7, 11) is -1.98. The number of piperidine rings is 1. The minimum atomic E-state index is -3.62. The number of likely N-dealkylation sites (N-methyl/N-ethyl adjacent to an activating group) is 1. The molecule has 0 aromatic heterocycles. The number of sulfonamides is 1. The summed E-state index contributed by atoms with van der Waals surface area (Å²) in [5, 5.41) is 10.9. The highest BCUT2D eigenvalue weighted by Crippen LogP contribution is 2.28. The van der Waals surface area contributed by atoms with Crippen LogP contribution in [0.25, 0.3) is 0 Å². The zero-order chi connectivity index (χ0) is 32.4. The Morgan fingerprint density at radius 2 is 1.73 bits per heavy atom. The molecule has 1 heterocycles. The van der Waals surface area contributed by atoms with Crippen molar-refractivity contribution in [1.82, 2.24) is 14.1 Å². The zero-order valence-corrected chi connectivity index (χ0v) is 26.7. The molecule has 0 spiro atoms. The summed E-state index contributed by atoms with van der Waals surface area (Å²) in [6.07, 6.45) is 3.56. The van der Waals surface area contributed by atoms with E-state index in [0.29, 0.717) is 18.7 Å². The summed E-state index contributed by atoms with van der Waals surface area (Å²) < 4.78 is 33.6. The number of hydrogen-bond acceptors (Lipinski definition) is 7. The van der Waals surface area contributed by atoms with E-state index in [-0.39, 0.29) is 35.2 Å². The quantitative estimate of drug-likeness (QED) is 0.120. The van der Waals surface area contributed by atoms with Gasteiger partial charge in [-0.25, -0.2) is 17.5 Å². The van der Waals surface area contributed by atoms with Crippen LogP contribution in [0.3, 0.4) is 0 Å². The maximum absolute atomic E-state index is 13.3. The maximum atomic E-state index is 13.3. The average molecular weight is 635 g/mol. The molecule has 0 saturated carbocycles. The lowest BCUT2D eigenvalue weighted by atomic mass is 9.93. The third-order valence-electron chi connectivity index (χ3n) is 8.46. The fourth-order valence-corrected chi connectivity index (χ4v) is 7.09. The van der Waals surface area contributed by atoms with Gasteiger partial charge >= 0.3 is 6.09 Å². The second kappa shape index (κ2) is 15.8. The van der Waals surface area contributed by atoms with Gasteiger partial charge in [0.2, 0.25) is 10.0 Å². The summed E-state index contributed by atoms with van der Waals surface area (Å²) in [5.74, 6) is 0.00581. The number of carbonyl (C=O) groups is 1. The maximum Gasteiger partial charge on any atom is 0.410 e. The van der Waals surface area contributed by atoms with Crippen LogP contribution in [0.2, 0.25) is 0 Å². The van der Waals surface area contributed by atoms with E-state index >= 15 is 0 Å². The Morgan fingerprint density at radius 3 is 2.33 bits per heavy atom. The molecule has 1 aliphatic heterocycles. The number of rotatable bonds is 14. The highest BCUT2D eigenvalue weighted by Gasteiger charge is 2.33. The Balaban J connectivity index is 1.36. The van der Waals surface area contributed by atoms with Gasteiger partial charge in [0.15, 0.2) is 0 Å². The molecule has 1 saturated heterocycles. The van der Waals surface area contributed by atoms with Gasteiger partial charge in [-0.15, -0.1) is 6.58 Å². The summed E-state index contributed by atoms with van der Waals surface area (Å²) in [4.78, 5) is 28.0. The number of non-ortho nitro benzene ring substituents is 1. The van der Waals surface area contributed by atoms with Gasteiger partial charge in [-0.3, -0.25) is 10.1 Å². The molecule has 4 rings (SSSR count). The molecule has 3 aromatic carbocycles. The van der Waals surface area contributed by atoms with E-state index in [4.69, 9.17) is 4.74 Å². The van der Waals surface area contributed by atoms with Crippen LogP contribution < -0.4 is 0 Å². The fourth-order valence-electron chi connectivity index (χ4n) is 5.86. The molecule has 45 heavy (non-hydrogen) atoms. The average Bonchev–Trinajstić information content (AvgIpc) is 3.05. The van der Waals surface area contributed by atoms with Crippen LogP contribution in [-0.2, 0) is 21.4 Å². The van der Waals surface area contributed by atoms with Crippen molar-refractivity contribution in [2.24, 2.45) is 0 Å². The van der Waals surface area contributed by atoms with Gasteiger partial charge in [0.05, 0.1) is 9.82 Å². The molecule has 0 bridgehead atoms. The summed E-state index contributed by atoms with van der Waals surface area (Å²) >= 11 is 0. The second-order valence-electron chi connectivity index (χ2n) is 11.5. The molecule has 1 amide bonds. The van der Waals surface area contributed by atoms with Gasteiger partial charge in [0.25, 0.3) is 5.69 Å². The first-order valence-corrected chi connectivity index (χ1v) is 16.6. The molecule has 3 aromatic rings. The van der Waals surface area contributed by atoms with Crippen LogP contribution in [0.1, 0.15) is 43.2 Å². The number of hydrogen-bond donors (Lipinski definition) is 0. The van der Waals surface area contributed by atoms with Crippen molar-refractivity contribution in [1.29, 1.82) is 0 Å². The third-order valence-corrected chi connectivity index (χ3v) is 10.3. The molecule has 0 aliphatic carbocycles. The highest BCUT2D eigenvalue weighted by atomic mass is 32.2. The molecule has 10 nitrogen and oxygen atoms in total. The van der Waals surface area contributed by atoms with Crippen molar-refractivity contribution in [3.63, 3.8) is 0 Å². The third kappa shape index (κ3) is 9.00. The van der Waals surface area contributed by atoms with Crippen LogP contribution in [0, 0.1) is 10.1 Å². The normalized spacial score (nSPS) is 17.8. The molecule has 1 fully saturated rings. The number of nitro benzene ring substituents is 1. The van der Waals surface area contributed by atoms with Gasteiger partial charge in [0.1, 0.15) is 6.61 Å². The van der Waals surface area contributed by atoms with Crippen molar-refractivity contribution < 1.29 is 22.9 Å². The molecule has 0 N–H and O–H groups in total. The Kier molecular flexibility index (Phi) is 11.9. The van der Waals surface area contributed by atoms with Gasteiger partial charge in [-0.05, 0) is 74.0 Å². The first kappa shape index (κ1) is 33.8. The minimum Gasteiger partial charge on any atom is -0.445 e. The van der Waals surface area contributed by atoms with Crippen molar-refractivity contribution >= 4 is 21.8 Å². The number of ether oxygens (including phenoxy) is 1. The Morgan fingerprint density at radius 1 is 1.09 bits per heavy atom. The molecule has 1 aliphatic rings. The number of benzene rings is 3.